The number of nitrogens with one attached hydrogen (secondary N) is 1. The van der Waals surface area contributed by atoms with Crippen LogP contribution in [-0.4, -0.2) is 27.6 Å². The molecule has 0 aliphatic rings. The number of benzene rings is 4. The van der Waals surface area contributed by atoms with E-state index >= 15 is 0 Å². The van der Waals surface area contributed by atoms with Crippen LogP contribution in [0.2, 0.25) is 0 Å². The molecule has 37 heavy (non-hydrogen) atoms. The van der Waals surface area contributed by atoms with E-state index in [1.54, 1.807) is 11.8 Å². The third kappa shape index (κ3) is 6.65. The average Bonchev–Trinajstić information content (AvgIpc) is 3.42. The highest BCUT2D eigenvalue weighted by molar-refractivity contribution is 8.03. The summed E-state index contributed by atoms with van der Waals surface area (Å²) in [6, 6.07) is 33.1. The lowest BCUT2D eigenvalue weighted by Gasteiger charge is -2.05. The lowest BCUT2D eigenvalue weighted by Crippen LogP contribution is -2.21. The lowest BCUT2D eigenvalue weighted by molar-refractivity contribution is -0.118. The third-order valence-corrected chi connectivity index (χ3v) is 8.94. The quantitative estimate of drug-likeness (QED) is 0.121. The smallest absolute Gasteiger partial charge is 0.250 e. The van der Waals surface area contributed by atoms with Gasteiger partial charge in [0.2, 0.25) is 0 Å². The van der Waals surface area contributed by atoms with Gasteiger partial charge in [-0.3, -0.25) is 4.79 Å². The Labute approximate surface area is 228 Å². The van der Waals surface area contributed by atoms with Gasteiger partial charge in [-0.15, -0.1) is 10.2 Å². The Morgan fingerprint density at radius 2 is 1.49 bits per heavy atom. The lowest BCUT2D eigenvalue weighted by atomic mass is 10.0. The first-order valence-corrected chi connectivity index (χ1v) is 14.5. The average molecular weight is 541 g/mol. The Bertz CT molecular complexity index is 1530. The topological polar surface area (TPSA) is 67.2 Å². The first kappa shape index (κ1) is 25.2. The van der Waals surface area contributed by atoms with E-state index in [9.17, 15) is 4.79 Å². The van der Waals surface area contributed by atoms with Gasteiger partial charge in [0, 0.05) is 5.75 Å². The van der Waals surface area contributed by atoms with E-state index in [4.69, 9.17) is 0 Å². The van der Waals surface area contributed by atoms with Gasteiger partial charge in [-0.2, -0.15) is 5.10 Å². The van der Waals surface area contributed by atoms with Crippen LogP contribution in [0, 0.1) is 0 Å². The van der Waals surface area contributed by atoms with Gasteiger partial charge in [0.15, 0.2) is 8.68 Å². The van der Waals surface area contributed by atoms with Gasteiger partial charge in [-0.1, -0.05) is 132 Å². The second kappa shape index (κ2) is 12.2. The van der Waals surface area contributed by atoms with Gasteiger partial charge in [-0.05, 0) is 39.9 Å². The minimum absolute atomic E-state index is 0.176. The normalized spacial score (nSPS) is 11.5. The molecule has 0 saturated carbocycles. The van der Waals surface area contributed by atoms with Crippen LogP contribution in [0.1, 0.15) is 18.1 Å². The fourth-order valence-electron chi connectivity index (χ4n) is 3.78. The summed E-state index contributed by atoms with van der Waals surface area (Å²) in [5.74, 6) is 0.874. The summed E-state index contributed by atoms with van der Waals surface area (Å²) in [4.78, 5) is 12.3. The van der Waals surface area contributed by atoms with Gasteiger partial charge < -0.3 is 0 Å². The first-order chi connectivity index (χ1) is 18.2. The molecule has 4 aromatic carbocycles. The first-order valence-electron chi connectivity index (χ1n) is 11.7. The maximum absolute atomic E-state index is 12.3. The van der Waals surface area contributed by atoms with Gasteiger partial charge in [0.25, 0.3) is 5.91 Å². The Morgan fingerprint density at radius 3 is 2.30 bits per heavy atom. The zero-order valence-corrected chi connectivity index (χ0v) is 22.6. The van der Waals surface area contributed by atoms with Crippen molar-refractivity contribution in [3.05, 3.63) is 108 Å². The summed E-state index contributed by atoms with van der Waals surface area (Å²) in [6.07, 6.45) is 0. The minimum atomic E-state index is -0.176. The number of fused-ring (bicyclic) bond motifs is 1. The molecule has 1 heterocycles. The molecule has 0 radical (unpaired) electrons. The molecule has 5 aromatic rings. The zero-order valence-electron chi connectivity index (χ0n) is 20.1. The maximum atomic E-state index is 12.3. The largest absolute Gasteiger partial charge is 0.272 e. The van der Waals surface area contributed by atoms with Crippen LogP contribution in [0.5, 0.6) is 0 Å². The van der Waals surface area contributed by atoms with Crippen molar-refractivity contribution in [2.75, 3.05) is 5.75 Å². The van der Waals surface area contributed by atoms with Gasteiger partial charge in [0.1, 0.15) is 0 Å². The number of carbonyl (C=O) groups is 1. The molecule has 0 spiro atoms. The fourth-order valence-corrected chi connectivity index (χ4v) is 6.59. The number of thioether (sulfide) groups is 2. The second-order valence-electron chi connectivity index (χ2n) is 8.23. The summed E-state index contributed by atoms with van der Waals surface area (Å²) in [5.41, 5.74) is 7.94. The summed E-state index contributed by atoms with van der Waals surface area (Å²) >= 11 is 4.54. The zero-order chi connectivity index (χ0) is 25.5. The maximum Gasteiger partial charge on any atom is 0.250 e. The molecule has 0 bridgehead atoms. The van der Waals surface area contributed by atoms with Crippen LogP contribution in [-0.2, 0) is 10.5 Å². The van der Waals surface area contributed by atoms with E-state index in [2.05, 4.69) is 87.5 Å². The Balaban J connectivity index is 1.10. The molecular weight excluding hydrogens is 517 g/mol. The molecule has 0 saturated heterocycles. The van der Waals surface area contributed by atoms with Crippen LogP contribution in [0.15, 0.2) is 111 Å². The molecule has 5 nitrogen and oxygen atoms in total. The highest BCUT2D eigenvalue weighted by Crippen LogP contribution is 2.32. The van der Waals surface area contributed by atoms with E-state index < -0.39 is 0 Å². The number of aromatic nitrogens is 2. The van der Waals surface area contributed by atoms with Crippen molar-refractivity contribution < 1.29 is 4.79 Å². The summed E-state index contributed by atoms with van der Waals surface area (Å²) in [7, 11) is 0. The SMILES string of the molecule is C/C(=N\NC(=O)CSc1nnc(SCc2cccc3ccccc23)s1)c1ccc(-c2ccccc2)cc1. The molecule has 1 amide bonds. The summed E-state index contributed by atoms with van der Waals surface area (Å²) < 4.78 is 1.66. The number of hydrogen-bond acceptors (Lipinski definition) is 7. The molecule has 1 aromatic heterocycles. The molecule has 1 N–H and O–H groups in total. The highest BCUT2D eigenvalue weighted by Gasteiger charge is 2.10. The number of hydrogen-bond donors (Lipinski definition) is 1. The number of carbonyl (C=O) groups excluding carboxylic acids is 1. The van der Waals surface area contributed by atoms with Crippen molar-refractivity contribution in [3.8, 4) is 11.1 Å². The van der Waals surface area contributed by atoms with Crippen molar-refractivity contribution >= 4 is 57.3 Å². The van der Waals surface area contributed by atoms with Gasteiger partial charge in [-0.25, -0.2) is 5.43 Å². The number of nitrogens with zero attached hydrogens (tertiary/aromatic N) is 3. The van der Waals surface area contributed by atoms with E-state index in [1.165, 1.54) is 45.0 Å². The number of hydrazone groups is 1. The molecule has 5 rings (SSSR count). The van der Waals surface area contributed by atoms with Crippen molar-refractivity contribution in [2.45, 2.75) is 21.4 Å². The van der Waals surface area contributed by atoms with E-state index in [0.29, 0.717) is 0 Å². The van der Waals surface area contributed by atoms with Crippen molar-refractivity contribution in [1.82, 2.24) is 15.6 Å². The molecular formula is C29H24N4OS3. The Kier molecular flexibility index (Phi) is 8.30. The van der Waals surface area contributed by atoms with Crippen LogP contribution in [0.25, 0.3) is 21.9 Å². The van der Waals surface area contributed by atoms with E-state index in [0.717, 1.165) is 31.3 Å². The Hall–Kier alpha value is -3.46. The predicted octanol–water partition coefficient (Wildman–Crippen LogP) is 7.28. The highest BCUT2D eigenvalue weighted by atomic mass is 32.2. The Morgan fingerprint density at radius 1 is 0.811 bits per heavy atom. The summed E-state index contributed by atoms with van der Waals surface area (Å²) in [6.45, 7) is 1.88. The molecule has 8 heteroatoms. The summed E-state index contributed by atoms with van der Waals surface area (Å²) in [5, 5.41) is 15.3. The van der Waals surface area contributed by atoms with Crippen molar-refractivity contribution in [2.24, 2.45) is 5.10 Å². The monoisotopic (exact) mass is 540 g/mol. The molecule has 0 aliphatic heterocycles. The molecule has 0 unspecified atom stereocenters. The van der Waals surface area contributed by atoms with Crippen molar-refractivity contribution in [3.63, 3.8) is 0 Å². The standard InChI is InChI=1S/C29H24N4OS3/c1-20(21-14-16-23(17-15-21)22-8-3-2-4-9-22)30-31-27(34)19-36-29-33-32-28(37-29)35-18-25-12-7-11-24-10-5-6-13-26(24)25/h2-17H,18-19H2,1H3,(H,31,34)/b30-20+. The molecule has 0 aliphatic carbocycles. The van der Waals surface area contributed by atoms with Gasteiger partial charge in [0.05, 0.1) is 11.5 Å². The van der Waals surface area contributed by atoms with Crippen molar-refractivity contribution in [1.29, 1.82) is 0 Å². The molecule has 0 atom stereocenters. The van der Waals surface area contributed by atoms with Crippen LogP contribution in [0.4, 0.5) is 0 Å². The van der Waals surface area contributed by atoms with E-state index in [-0.39, 0.29) is 11.7 Å². The second-order valence-corrected chi connectivity index (χ2v) is 11.6. The van der Waals surface area contributed by atoms with Crippen LogP contribution >= 0.6 is 34.9 Å². The third-order valence-electron chi connectivity index (χ3n) is 5.70. The fraction of sp³-hybridized carbons (Fsp3) is 0.103. The minimum Gasteiger partial charge on any atom is -0.272 e. The molecule has 0 fully saturated rings. The predicted molar refractivity (Wildman–Crippen MR) is 156 cm³/mol. The van der Waals surface area contributed by atoms with Crippen LogP contribution < -0.4 is 5.43 Å². The van der Waals surface area contributed by atoms with E-state index in [1.807, 2.05) is 37.3 Å². The number of rotatable bonds is 9. The number of amides is 1. The molecule has 184 valence electrons. The van der Waals surface area contributed by atoms with Crippen LogP contribution in [0.3, 0.4) is 0 Å². The van der Waals surface area contributed by atoms with Gasteiger partial charge >= 0.3 is 0 Å².